The van der Waals surface area contributed by atoms with Crippen LogP contribution < -0.4 is 15.8 Å². The predicted molar refractivity (Wildman–Crippen MR) is 73.5 cm³/mol. The molecule has 1 fully saturated rings. The van der Waals surface area contributed by atoms with E-state index in [1.807, 2.05) is 18.2 Å². The van der Waals surface area contributed by atoms with E-state index in [9.17, 15) is 4.79 Å². The average Bonchev–Trinajstić information content (AvgIpc) is 2.47. The number of aliphatic hydroxyl groups excluding tert-OH is 1. The van der Waals surface area contributed by atoms with Crippen LogP contribution in [0.15, 0.2) is 33.5 Å². The molecule has 5 heteroatoms. The number of para-hydroxylation sites is 1. The summed E-state index contributed by atoms with van der Waals surface area (Å²) in [5.41, 5.74) is 1.38. The molecule has 5 nitrogen and oxygen atoms in total. The maximum absolute atomic E-state index is 11.7. The molecule has 1 aliphatic rings. The topological polar surface area (TPSA) is 65.7 Å². The van der Waals surface area contributed by atoms with Crippen LogP contribution in [0, 0.1) is 0 Å². The second-order valence-electron chi connectivity index (χ2n) is 4.65. The summed E-state index contributed by atoms with van der Waals surface area (Å²) in [6.07, 6.45) is 0. The Morgan fingerprint density at radius 3 is 2.84 bits per heavy atom. The molecule has 100 valence electrons. The van der Waals surface area contributed by atoms with E-state index in [0.717, 1.165) is 37.3 Å². The summed E-state index contributed by atoms with van der Waals surface area (Å²) in [6.45, 7) is 3.34. The normalized spacial score (nSPS) is 15.9. The van der Waals surface area contributed by atoms with Crippen molar-refractivity contribution in [2.45, 2.75) is 6.61 Å². The molecule has 0 atom stereocenters. The van der Waals surface area contributed by atoms with Crippen LogP contribution in [0.5, 0.6) is 0 Å². The minimum Gasteiger partial charge on any atom is -0.420 e. The van der Waals surface area contributed by atoms with Crippen molar-refractivity contribution in [2.24, 2.45) is 0 Å². The van der Waals surface area contributed by atoms with Crippen molar-refractivity contribution in [3.63, 3.8) is 0 Å². The number of hydrogen-bond acceptors (Lipinski definition) is 5. The summed E-state index contributed by atoms with van der Waals surface area (Å²) in [5.74, 6) is 0. The van der Waals surface area contributed by atoms with Gasteiger partial charge in [-0.2, -0.15) is 0 Å². The van der Waals surface area contributed by atoms with Gasteiger partial charge in [0.15, 0.2) is 5.58 Å². The van der Waals surface area contributed by atoms with E-state index >= 15 is 0 Å². The van der Waals surface area contributed by atoms with Gasteiger partial charge in [0.1, 0.15) is 0 Å². The Labute approximate surface area is 110 Å². The van der Waals surface area contributed by atoms with Gasteiger partial charge in [-0.25, -0.2) is 4.79 Å². The third kappa shape index (κ3) is 2.22. The first-order chi connectivity index (χ1) is 9.29. The van der Waals surface area contributed by atoms with E-state index in [1.54, 1.807) is 6.07 Å². The van der Waals surface area contributed by atoms with E-state index < -0.39 is 5.63 Å². The van der Waals surface area contributed by atoms with Crippen LogP contribution in [0.1, 0.15) is 5.56 Å². The Balaban J connectivity index is 2.14. The number of anilines is 1. The van der Waals surface area contributed by atoms with Crippen molar-refractivity contribution in [2.75, 3.05) is 31.1 Å². The molecule has 19 heavy (non-hydrogen) atoms. The molecule has 0 bridgehead atoms. The molecular formula is C14H16N2O3. The van der Waals surface area contributed by atoms with Crippen LogP contribution in [0.4, 0.5) is 5.69 Å². The Morgan fingerprint density at radius 1 is 1.32 bits per heavy atom. The van der Waals surface area contributed by atoms with Crippen molar-refractivity contribution in [3.8, 4) is 0 Å². The van der Waals surface area contributed by atoms with Gasteiger partial charge in [-0.3, -0.25) is 0 Å². The number of fused-ring (bicyclic) bond motifs is 1. The average molecular weight is 260 g/mol. The summed E-state index contributed by atoms with van der Waals surface area (Å²) in [6, 6.07) is 7.51. The minimum absolute atomic E-state index is 0.296. The lowest BCUT2D eigenvalue weighted by atomic mass is 10.1. The molecule has 0 aliphatic carbocycles. The van der Waals surface area contributed by atoms with Gasteiger partial charge in [-0.1, -0.05) is 12.1 Å². The highest BCUT2D eigenvalue weighted by molar-refractivity contribution is 5.89. The quantitative estimate of drug-likeness (QED) is 0.778. The van der Waals surface area contributed by atoms with Crippen LogP contribution in [-0.2, 0) is 6.61 Å². The first-order valence-electron chi connectivity index (χ1n) is 6.42. The van der Waals surface area contributed by atoms with E-state index in [0.29, 0.717) is 11.1 Å². The number of nitrogens with one attached hydrogen (secondary N) is 1. The third-order valence-electron chi connectivity index (χ3n) is 3.44. The van der Waals surface area contributed by atoms with E-state index in [-0.39, 0.29) is 6.61 Å². The van der Waals surface area contributed by atoms with Crippen molar-refractivity contribution < 1.29 is 9.52 Å². The highest BCUT2D eigenvalue weighted by atomic mass is 16.4. The molecule has 2 aromatic rings. The molecule has 0 radical (unpaired) electrons. The molecule has 1 aromatic heterocycles. The van der Waals surface area contributed by atoms with Crippen molar-refractivity contribution in [1.29, 1.82) is 0 Å². The van der Waals surface area contributed by atoms with Crippen LogP contribution >= 0.6 is 0 Å². The van der Waals surface area contributed by atoms with Gasteiger partial charge >= 0.3 is 5.63 Å². The monoisotopic (exact) mass is 260 g/mol. The van der Waals surface area contributed by atoms with Gasteiger partial charge in [0.2, 0.25) is 0 Å². The van der Waals surface area contributed by atoms with Crippen molar-refractivity contribution in [1.82, 2.24) is 5.32 Å². The van der Waals surface area contributed by atoms with Crippen LogP contribution in [0.25, 0.3) is 11.0 Å². The number of rotatable bonds is 2. The van der Waals surface area contributed by atoms with Gasteiger partial charge in [0.05, 0.1) is 17.9 Å². The zero-order chi connectivity index (χ0) is 13.2. The third-order valence-corrected chi connectivity index (χ3v) is 3.44. The Morgan fingerprint density at radius 2 is 2.11 bits per heavy atom. The zero-order valence-corrected chi connectivity index (χ0v) is 10.6. The standard InChI is InChI=1S/C14H16N2O3/c17-9-11-8-10-2-1-3-12(13(10)19-14(11)18)16-6-4-15-5-7-16/h1-3,8,15,17H,4-7,9H2. The maximum atomic E-state index is 11.7. The van der Waals surface area contributed by atoms with Gasteiger partial charge < -0.3 is 19.7 Å². The van der Waals surface area contributed by atoms with E-state index in [2.05, 4.69) is 10.2 Å². The lowest BCUT2D eigenvalue weighted by Crippen LogP contribution is -2.43. The highest BCUT2D eigenvalue weighted by Gasteiger charge is 2.15. The fraction of sp³-hybridized carbons (Fsp3) is 0.357. The first kappa shape index (κ1) is 12.2. The SMILES string of the molecule is O=c1oc2c(N3CCNCC3)cccc2cc1CO. The summed E-state index contributed by atoms with van der Waals surface area (Å²) in [5, 5.41) is 13.3. The predicted octanol–water partition coefficient (Wildman–Crippen LogP) is 0.695. The van der Waals surface area contributed by atoms with Crippen molar-refractivity contribution >= 4 is 16.7 Å². The molecule has 0 saturated carbocycles. The van der Waals surface area contributed by atoms with E-state index in [1.165, 1.54) is 0 Å². The summed E-state index contributed by atoms with van der Waals surface area (Å²) >= 11 is 0. The molecule has 3 rings (SSSR count). The number of benzene rings is 1. The lowest BCUT2D eigenvalue weighted by molar-refractivity contribution is 0.276. The molecule has 1 saturated heterocycles. The zero-order valence-electron chi connectivity index (χ0n) is 10.6. The van der Waals surface area contributed by atoms with Crippen LogP contribution in [0.3, 0.4) is 0 Å². The summed E-state index contributed by atoms with van der Waals surface area (Å²) < 4.78 is 5.39. The molecule has 2 heterocycles. The molecule has 2 N–H and O–H groups in total. The molecule has 0 amide bonds. The largest absolute Gasteiger partial charge is 0.420 e. The minimum atomic E-state index is -0.461. The Bertz CT molecular complexity index is 645. The highest BCUT2D eigenvalue weighted by Crippen LogP contribution is 2.26. The van der Waals surface area contributed by atoms with Gasteiger partial charge in [-0.05, 0) is 12.1 Å². The molecule has 1 aliphatic heterocycles. The fourth-order valence-electron chi connectivity index (χ4n) is 2.44. The van der Waals surface area contributed by atoms with Crippen LogP contribution in [0.2, 0.25) is 0 Å². The second-order valence-corrected chi connectivity index (χ2v) is 4.65. The Kier molecular flexibility index (Phi) is 3.23. The van der Waals surface area contributed by atoms with E-state index in [4.69, 9.17) is 9.52 Å². The van der Waals surface area contributed by atoms with Gasteiger partial charge in [-0.15, -0.1) is 0 Å². The fourth-order valence-corrected chi connectivity index (χ4v) is 2.44. The number of aliphatic hydroxyl groups is 1. The number of piperazine rings is 1. The summed E-state index contributed by atoms with van der Waals surface area (Å²) in [7, 11) is 0. The number of hydrogen-bond donors (Lipinski definition) is 2. The Hall–Kier alpha value is -1.85. The maximum Gasteiger partial charge on any atom is 0.341 e. The van der Waals surface area contributed by atoms with Crippen molar-refractivity contribution in [3.05, 3.63) is 40.2 Å². The van der Waals surface area contributed by atoms with Gasteiger partial charge in [0, 0.05) is 31.6 Å². The summed E-state index contributed by atoms with van der Waals surface area (Å²) in [4.78, 5) is 14.0. The lowest BCUT2D eigenvalue weighted by Gasteiger charge is -2.29. The second kappa shape index (κ2) is 5.03. The smallest absolute Gasteiger partial charge is 0.341 e. The molecule has 1 aromatic carbocycles. The number of nitrogens with zero attached hydrogens (tertiary/aromatic N) is 1. The first-order valence-corrected chi connectivity index (χ1v) is 6.42. The molecular weight excluding hydrogens is 244 g/mol. The van der Waals surface area contributed by atoms with Gasteiger partial charge in [0.25, 0.3) is 0 Å². The molecule has 0 unspecified atom stereocenters. The van der Waals surface area contributed by atoms with Crippen LogP contribution in [-0.4, -0.2) is 31.3 Å². The molecule has 0 spiro atoms.